The molecule has 2 aromatic rings. The van der Waals surface area contributed by atoms with Crippen molar-refractivity contribution in [2.75, 3.05) is 6.54 Å². The Morgan fingerprint density at radius 1 is 1.19 bits per heavy atom. The Kier molecular flexibility index (Phi) is 5.76. The maximum atomic E-state index is 9.55. The first kappa shape index (κ1) is 18.9. The highest BCUT2D eigenvalue weighted by molar-refractivity contribution is 5.89. The first-order valence-electron chi connectivity index (χ1n) is 9.07. The highest BCUT2D eigenvalue weighted by Gasteiger charge is 2.36. The van der Waals surface area contributed by atoms with E-state index >= 15 is 0 Å². The predicted molar refractivity (Wildman–Crippen MR) is 102 cm³/mol. The fraction of sp³-hybridized carbons (Fsp3) is 0.333. The van der Waals surface area contributed by atoms with Gasteiger partial charge in [-0.25, -0.2) is 9.59 Å². The minimum Gasteiger partial charge on any atom is -0.478 e. The molecule has 0 aliphatic carbocycles. The highest BCUT2D eigenvalue weighted by atomic mass is 16.4. The maximum absolute atomic E-state index is 9.55. The number of para-hydroxylation sites is 1. The molecule has 2 atom stereocenters. The van der Waals surface area contributed by atoms with Gasteiger partial charge in [-0.15, -0.1) is 0 Å². The molecule has 2 aliphatic heterocycles. The fourth-order valence-electron chi connectivity index (χ4n) is 3.88. The molecule has 2 bridgehead atoms. The summed E-state index contributed by atoms with van der Waals surface area (Å²) in [5.74, 6) is -1.44. The van der Waals surface area contributed by atoms with E-state index in [4.69, 9.17) is 14.6 Å². The molecule has 6 nitrogen and oxygen atoms in total. The van der Waals surface area contributed by atoms with Crippen LogP contribution in [0.3, 0.4) is 0 Å². The number of rotatable bonds is 4. The van der Waals surface area contributed by atoms with Crippen LogP contribution in [0.15, 0.2) is 53.0 Å². The SMILES string of the molecule is CCN1C2C=C(c3cc4ccccc4o3)CC1CC2.O=C(O)/C=C/C(=O)O. The van der Waals surface area contributed by atoms with Gasteiger partial charge in [-0.3, -0.25) is 4.90 Å². The molecule has 1 aromatic heterocycles. The lowest BCUT2D eigenvalue weighted by Crippen LogP contribution is -2.37. The zero-order chi connectivity index (χ0) is 19.4. The molecular formula is C21H23NO5. The van der Waals surface area contributed by atoms with Crippen molar-refractivity contribution in [2.45, 2.75) is 38.3 Å². The predicted octanol–water partition coefficient (Wildman–Crippen LogP) is 3.78. The summed E-state index contributed by atoms with van der Waals surface area (Å²) in [7, 11) is 0. The van der Waals surface area contributed by atoms with Gasteiger partial charge in [0.2, 0.25) is 0 Å². The van der Waals surface area contributed by atoms with Crippen molar-refractivity contribution in [2.24, 2.45) is 0 Å². The number of hydrogen-bond acceptors (Lipinski definition) is 4. The van der Waals surface area contributed by atoms with Gasteiger partial charge in [0.15, 0.2) is 0 Å². The van der Waals surface area contributed by atoms with Crippen molar-refractivity contribution in [1.82, 2.24) is 4.90 Å². The normalized spacial score (nSPS) is 21.7. The van der Waals surface area contributed by atoms with E-state index in [1.165, 1.54) is 30.3 Å². The number of carbonyl (C=O) groups is 2. The van der Waals surface area contributed by atoms with Crippen LogP contribution in [0.25, 0.3) is 16.5 Å². The van der Waals surface area contributed by atoms with Crippen LogP contribution in [0.1, 0.15) is 31.9 Å². The number of carboxylic acids is 2. The summed E-state index contributed by atoms with van der Waals surface area (Å²) < 4.78 is 6.01. The lowest BCUT2D eigenvalue weighted by atomic mass is 9.99. The van der Waals surface area contributed by atoms with Gasteiger partial charge in [0.25, 0.3) is 0 Å². The molecule has 3 heterocycles. The molecule has 27 heavy (non-hydrogen) atoms. The molecule has 0 radical (unpaired) electrons. The van der Waals surface area contributed by atoms with Gasteiger partial charge in [-0.05, 0) is 43.5 Å². The number of likely N-dealkylation sites (N-methyl/N-ethyl adjacent to an activating group) is 1. The van der Waals surface area contributed by atoms with Gasteiger partial charge in [-0.1, -0.05) is 31.2 Å². The number of furan rings is 1. The number of aliphatic carboxylic acids is 2. The lowest BCUT2D eigenvalue weighted by molar-refractivity contribution is -0.134. The first-order valence-corrected chi connectivity index (χ1v) is 9.07. The molecule has 2 N–H and O–H groups in total. The van der Waals surface area contributed by atoms with Gasteiger partial charge in [0, 0.05) is 29.6 Å². The molecule has 0 saturated carbocycles. The van der Waals surface area contributed by atoms with Crippen molar-refractivity contribution in [3.63, 3.8) is 0 Å². The third-order valence-corrected chi connectivity index (χ3v) is 5.02. The Labute approximate surface area is 157 Å². The van der Waals surface area contributed by atoms with Crippen molar-refractivity contribution in [3.05, 3.63) is 54.3 Å². The Bertz CT molecular complexity index is 846. The minimum atomic E-state index is -1.26. The van der Waals surface area contributed by atoms with Crippen molar-refractivity contribution < 1.29 is 24.2 Å². The molecule has 0 spiro atoms. The highest BCUT2D eigenvalue weighted by Crippen LogP contribution is 2.39. The average Bonchev–Trinajstić information content (AvgIpc) is 3.18. The maximum Gasteiger partial charge on any atom is 0.328 e. The van der Waals surface area contributed by atoms with Crippen LogP contribution in [0.5, 0.6) is 0 Å². The van der Waals surface area contributed by atoms with Gasteiger partial charge < -0.3 is 14.6 Å². The van der Waals surface area contributed by atoms with Gasteiger partial charge in [0.05, 0.1) is 0 Å². The number of carboxylic acid groups (broad SMARTS) is 2. The van der Waals surface area contributed by atoms with E-state index in [0.29, 0.717) is 18.2 Å². The van der Waals surface area contributed by atoms with Gasteiger partial charge in [0.1, 0.15) is 11.3 Å². The van der Waals surface area contributed by atoms with E-state index in [1.807, 2.05) is 6.07 Å². The number of fused-ring (bicyclic) bond motifs is 3. The van der Waals surface area contributed by atoms with Crippen LogP contribution in [0.2, 0.25) is 0 Å². The number of benzene rings is 1. The summed E-state index contributed by atoms with van der Waals surface area (Å²) in [6, 6.07) is 11.8. The molecule has 6 heteroatoms. The third kappa shape index (κ3) is 4.46. The molecule has 0 amide bonds. The average molecular weight is 369 g/mol. The minimum absolute atomic E-state index is 0.558. The molecule has 142 valence electrons. The Morgan fingerprint density at radius 2 is 1.89 bits per heavy atom. The summed E-state index contributed by atoms with van der Waals surface area (Å²) in [5.41, 5.74) is 2.41. The second-order valence-corrected chi connectivity index (χ2v) is 6.68. The lowest BCUT2D eigenvalue weighted by Gasteiger charge is -2.32. The number of nitrogens with zero attached hydrogens (tertiary/aromatic N) is 1. The Balaban J connectivity index is 0.000000226. The van der Waals surface area contributed by atoms with E-state index in [-0.39, 0.29) is 0 Å². The van der Waals surface area contributed by atoms with Crippen molar-refractivity contribution >= 4 is 28.5 Å². The second kappa shape index (κ2) is 8.22. The second-order valence-electron chi connectivity index (χ2n) is 6.68. The molecule has 1 saturated heterocycles. The van der Waals surface area contributed by atoms with Crippen molar-refractivity contribution in [3.8, 4) is 0 Å². The van der Waals surface area contributed by atoms with Crippen molar-refractivity contribution in [1.29, 1.82) is 0 Å². The van der Waals surface area contributed by atoms with Crippen LogP contribution < -0.4 is 0 Å². The molecule has 4 rings (SSSR count). The Hall–Kier alpha value is -2.86. The number of hydrogen-bond donors (Lipinski definition) is 2. The summed E-state index contributed by atoms with van der Waals surface area (Å²) >= 11 is 0. The van der Waals surface area contributed by atoms with E-state index in [0.717, 1.165) is 23.8 Å². The van der Waals surface area contributed by atoms with Gasteiger partial charge in [-0.2, -0.15) is 0 Å². The summed E-state index contributed by atoms with van der Waals surface area (Å²) in [5, 5.41) is 16.8. The third-order valence-electron chi connectivity index (χ3n) is 5.02. The Morgan fingerprint density at radius 3 is 2.48 bits per heavy atom. The molecule has 2 aliphatic rings. The quantitative estimate of drug-likeness (QED) is 0.797. The zero-order valence-corrected chi connectivity index (χ0v) is 15.2. The first-order chi connectivity index (χ1) is 13.0. The fourth-order valence-corrected chi connectivity index (χ4v) is 3.88. The smallest absolute Gasteiger partial charge is 0.328 e. The van der Waals surface area contributed by atoms with Crippen LogP contribution in [0.4, 0.5) is 0 Å². The zero-order valence-electron chi connectivity index (χ0n) is 15.2. The van der Waals surface area contributed by atoms with Crippen LogP contribution >= 0.6 is 0 Å². The van der Waals surface area contributed by atoms with Crippen LogP contribution in [-0.2, 0) is 9.59 Å². The molecule has 2 unspecified atom stereocenters. The van der Waals surface area contributed by atoms with Gasteiger partial charge >= 0.3 is 11.9 Å². The monoisotopic (exact) mass is 369 g/mol. The van der Waals surface area contributed by atoms with Crippen LogP contribution in [-0.4, -0.2) is 45.7 Å². The summed E-state index contributed by atoms with van der Waals surface area (Å²) in [6.07, 6.45) is 7.33. The summed E-state index contributed by atoms with van der Waals surface area (Å²) in [4.78, 5) is 21.7. The van der Waals surface area contributed by atoms with E-state index < -0.39 is 11.9 Å². The van der Waals surface area contributed by atoms with Crippen LogP contribution in [0, 0.1) is 0 Å². The summed E-state index contributed by atoms with van der Waals surface area (Å²) in [6.45, 7) is 3.44. The van der Waals surface area contributed by atoms with E-state index in [1.54, 1.807) is 0 Å². The standard InChI is InChI=1S/C17H19NO.C4H4O4/c1-2-18-14-7-8-15(18)10-13(9-14)17-11-12-5-3-4-6-16(12)19-17;5-3(6)1-2-4(7)8/h3-6,9,11,14-15H,2,7-8,10H2,1H3;1-2H,(H,5,6)(H,7,8)/b;2-1+. The molecular weight excluding hydrogens is 346 g/mol. The molecule has 1 aromatic carbocycles. The largest absolute Gasteiger partial charge is 0.478 e. The molecule has 1 fully saturated rings. The topological polar surface area (TPSA) is 91.0 Å². The van der Waals surface area contributed by atoms with E-state index in [2.05, 4.69) is 42.2 Å². The van der Waals surface area contributed by atoms with E-state index in [9.17, 15) is 9.59 Å².